The Morgan fingerprint density at radius 1 is 1.22 bits per heavy atom. The largest absolute Gasteiger partial charge is 0.302 e. The smallest absolute Gasteiger partial charge is 0.250 e. The van der Waals surface area contributed by atoms with Gasteiger partial charge in [-0.2, -0.15) is 5.10 Å². The molecule has 3 rings (SSSR count). The number of rotatable bonds is 7. The lowest BCUT2D eigenvalue weighted by Crippen LogP contribution is -2.20. The molecule has 0 aliphatic rings. The van der Waals surface area contributed by atoms with E-state index >= 15 is 0 Å². The van der Waals surface area contributed by atoms with E-state index in [1.165, 1.54) is 11.8 Å². The molecule has 0 atom stereocenters. The summed E-state index contributed by atoms with van der Waals surface area (Å²) in [5.41, 5.74) is 4.28. The predicted molar refractivity (Wildman–Crippen MR) is 107 cm³/mol. The molecule has 3 aromatic rings. The lowest BCUT2D eigenvalue weighted by atomic mass is 10.2. The summed E-state index contributed by atoms with van der Waals surface area (Å²) in [5, 5.41) is 13.7. The Bertz CT molecular complexity index is 927. The zero-order chi connectivity index (χ0) is 19.1. The topological polar surface area (TPSA) is 85.1 Å². The van der Waals surface area contributed by atoms with E-state index in [1.807, 2.05) is 35.8 Å². The summed E-state index contributed by atoms with van der Waals surface area (Å²) in [5.74, 6) is 0.712. The Morgan fingerprint density at radius 3 is 2.67 bits per heavy atom. The fourth-order valence-electron chi connectivity index (χ4n) is 2.28. The van der Waals surface area contributed by atoms with Gasteiger partial charge in [-0.15, -0.1) is 10.2 Å². The average molecular weight is 401 g/mol. The van der Waals surface area contributed by atoms with Crippen LogP contribution in [0.2, 0.25) is 5.02 Å². The predicted octanol–water partition coefficient (Wildman–Crippen LogP) is 3.26. The van der Waals surface area contributed by atoms with Gasteiger partial charge in [0, 0.05) is 29.5 Å². The van der Waals surface area contributed by atoms with Crippen LogP contribution in [0.1, 0.15) is 12.5 Å². The first kappa shape index (κ1) is 19.1. The first-order valence-corrected chi connectivity index (χ1v) is 9.57. The van der Waals surface area contributed by atoms with Crippen LogP contribution in [0.4, 0.5) is 0 Å². The summed E-state index contributed by atoms with van der Waals surface area (Å²) in [4.78, 5) is 15.9. The number of hydrogen-bond acceptors (Lipinski definition) is 6. The normalized spacial score (nSPS) is 11.0. The Kier molecular flexibility index (Phi) is 6.56. The number of benzene rings is 1. The van der Waals surface area contributed by atoms with Crippen molar-refractivity contribution in [2.75, 3.05) is 5.75 Å². The summed E-state index contributed by atoms with van der Waals surface area (Å²) in [6, 6.07) is 11.0. The van der Waals surface area contributed by atoms with Crippen LogP contribution in [0.15, 0.2) is 59.0 Å². The van der Waals surface area contributed by atoms with Crippen molar-refractivity contribution in [3.63, 3.8) is 0 Å². The van der Waals surface area contributed by atoms with Crippen molar-refractivity contribution in [3.05, 3.63) is 59.4 Å². The first-order chi connectivity index (χ1) is 13.2. The molecule has 2 aromatic heterocycles. The second-order valence-electron chi connectivity index (χ2n) is 5.42. The molecular weight excluding hydrogens is 384 g/mol. The van der Waals surface area contributed by atoms with Crippen molar-refractivity contribution >= 4 is 35.5 Å². The Balaban J connectivity index is 1.60. The number of aromatic nitrogens is 4. The lowest BCUT2D eigenvalue weighted by Gasteiger charge is -2.07. The van der Waals surface area contributed by atoms with Crippen molar-refractivity contribution < 1.29 is 4.79 Å². The van der Waals surface area contributed by atoms with Gasteiger partial charge in [0.25, 0.3) is 5.91 Å². The third-order valence-electron chi connectivity index (χ3n) is 3.58. The van der Waals surface area contributed by atoms with Crippen LogP contribution in [0, 0.1) is 0 Å². The van der Waals surface area contributed by atoms with Crippen molar-refractivity contribution in [1.29, 1.82) is 0 Å². The maximum atomic E-state index is 12.0. The van der Waals surface area contributed by atoms with Crippen molar-refractivity contribution in [3.8, 4) is 11.4 Å². The summed E-state index contributed by atoms with van der Waals surface area (Å²) >= 11 is 7.25. The SMILES string of the molecule is CCn1c(SCC(=O)N/N=C/c2ccncc2)nnc1-c1ccc(Cl)cc1. The number of carbonyl (C=O) groups is 1. The standard InChI is InChI=1S/C18H17ClN6OS/c1-2-25-17(14-3-5-15(19)6-4-14)23-24-18(25)27-12-16(26)22-21-11-13-7-9-20-10-8-13/h3-11H,2,12H2,1H3,(H,22,26)/b21-11+. The van der Waals surface area contributed by atoms with Gasteiger partial charge in [-0.3, -0.25) is 9.78 Å². The highest BCUT2D eigenvalue weighted by Crippen LogP contribution is 2.24. The number of nitrogens with one attached hydrogen (secondary N) is 1. The third-order valence-corrected chi connectivity index (χ3v) is 4.80. The zero-order valence-corrected chi connectivity index (χ0v) is 16.1. The Labute approximate surface area is 165 Å². The number of pyridine rings is 1. The van der Waals surface area contributed by atoms with Gasteiger partial charge in [0.2, 0.25) is 0 Å². The molecule has 0 fully saturated rings. The summed E-state index contributed by atoms with van der Waals surface area (Å²) in [7, 11) is 0. The number of nitrogens with zero attached hydrogens (tertiary/aromatic N) is 5. The molecule has 0 unspecified atom stereocenters. The molecule has 0 aliphatic carbocycles. The van der Waals surface area contributed by atoms with E-state index in [4.69, 9.17) is 11.6 Å². The van der Waals surface area contributed by atoms with Crippen LogP contribution in [0.5, 0.6) is 0 Å². The molecule has 0 radical (unpaired) electrons. The quantitative estimate of drug-likeness (QED) is 0.374. The van der Waals surface area contributed by atoms with Gasteiger partial charge in [0.1, 0.15) is 0 Å². The molecule has 1 aromatic carbocycles. The van der Waals surface area contributed by atoms with E-state index < -0.39 is 0 Å². The van der Waals surface area contributed by atoms with Crippen LogP contribution in [-0.4, -0.2) is 37.6 Å². The molecule has 1 N–H and O–H groups in total. The fourth-order valence-corrected chi connectivity index (χ4v) is 3.20. The second kappa shape index (κ2) is 9.29. The van der Waals surface area contributed by atoms with E-state index in [0.717, 1.165) is 17.0 Å². The van der Waals surface area contributed by atoms with E-state index in [0.29, 0.717) is 16.7 Å². The minimum atomic E-state index is -0.219. The summed E-state index contributed by atoms with van der Waals surface area (Å²) < 4.78 is 1.96. The second-order valence-corrected chi connectivity index (χ2v) is 6.80. The molecule has 7 nitrogen and oxygen atoms in total. The van der Waals surface area contributed by atoms with Gasteiger partial charge in [-0.1, -0.05) is 23.4 Å². The van der Waals surface area contributed by atoms with Crippen LogP contribution >= 0.6 is 23.4 Å². The minimum absolute atomic E-state index is 0.187. The molecule has 0 saturated heterocycles. The Morgan fingerprint density at radius 2 is 1.96 bits per heavy atom. The highest BCUT2D eigenvalue weighted by atomic mass is 35.5. The third kappa shape index (κ3) is 5.15. The van der Waals surface area contributed by atoms with Gasteiger partial charge in [-0.25, -0.2) is 5.43 Å². The number of thioether (sulfide) groups is 1. The summed E-state index contributed by atoms with van der Waals surface area (Å²) in [6.07, 6.45) is 4.89. The van der Waals surface area contributed by atoms with Crippen LogP contribution in [0.25, 0.3) is 11.4 Å². The lowest BCUT2D eigenvalue weighted by molar-refractivity contribution is -0.118. The van der Waals surface area contributed by atoms with Crippen LogP contribution in [0.3, 0.4) is 0 Å². The van der Waals surface area contributed by atoms with Crippen molar-refractivity contribution in [1.82, 2.24) is 25.2 Å². The van der Waals surface area contributed by atoms with Gasteiger partial charge >= 0.3 is 0 Å². The molecular formula is C18H17ClN6OS. The molecule has 0 aliphatic heterocycles. The highest BCUT2D eigenvalue weighted by Gasteiger charge is 2.14. The maximum absolute atomic E-state index is 12.0. The molecule has 9 heteroatoms. The number of amides is 1. The Hall–Kier alpha value is -2.71. The van der Waals surface area contributed by atoms with Crippen LogP contribution in [-0.2, 0) is 11.3 Å². The van der Waals surface area contributed by atoms with E-state index in [1.54, 1.807) is 30.7 Å². The zero-order valence-electron chi connectivity index (χ0n) is 14.5. The molecule has 1 amide bonds. The van der Waals surface area contributed by atoms with E-state index in [-0.39, 0.29) is 11.7 Å². The van der Waals surface area contributed by atoms with E-state index in [9.17, 15) is 4.79 Å². The van der Waals surface area contributed by atoms with Gasteiger partial charge in [0.15, 0.2) is 11.0 Å². The van der Waals surface area contributed by atoms with Gasteiger partial charge in [-0.05, 0) is 48.9 Å². The molecule has 138 valence electrons. The fraction of sp³-hybridized carbons (Fsp3) is 0.167. The monoisotopic (exact) mass is 400 g/mol. The molecule has 27 heavy (non-hydrogen) atoms. The van der Waals surface area contributed by atoms with Crippen molar-refractivity contribution in [2.45, 2.75) is 18.6 Å². The number of hydrogen-bond donors (Lipinski definition) is 1. The minimum Gasteiger partial charge on any atom is -0.302 e. The number of halogens is 1. The van der Waals surface area contributed by atoms with Crippen molar-refractivity contribution in [2.24, 2.45) is 5.10 Å². The molecule has 0 spiro atoms. The molecule has 2 heterocycles. The van der Waals surface area contributed by atoms with Gasteiger partial charge in [0.05, 0.1) is 12.0 Å². The van der Waals surface area contributed by atoms with Crippen LogP contribution < -0.4 is 5.43 Å². The summed E-state index contributed by atoms with van der Waals surface area (Å²) in [6.45, 7) is 2.70. The number of hydrazone groups is 1. The average Bonchev–Trinajstić information content (AvgIpc) is 3.10. The highest BCUT2D eigenvalue weighted by molar-refractivity contribution is 7.99. The first-order valence-electron chi connectivity index (χ1n) is 8.21. The van der Waals surface area contributed by atoms with Gasteiger partial charge < -0.3 is 4.57 Å². The molecule has 0 bridgehead atoms. The number of carbonyl (C=O) groups excluding carboxylic acids is 1. The molecule has 0 saturated carbocycles. The van der Waals surface area contributed by atoms with E-state index in [2.05, 4.69) is 25.7 Å². The maximum Gasteiger partial charge on any atom is 0.250 e.